The molecule has 0 saturated carbocycles. The minimum atomic E-state index is -2.52. The minimum Gasteiger partial charge on any atom is -0.323 e. The van der Waals surface area contributed by atoms with Gasteiger partial charge < -0.3 is 4.57 Å². The maximum atomic E-state index is 16.3. The van der Waals surface area contributed by atoms with Crippen molar-refractivity contribution >= 4 is 21.4 Å². The fraction of sp³-hybridized carbons (Fsp3) is 0.562. The maximum Gasteiger partial charge on any atom is 0.140 e. The Kier molecular flexibility index (Phi) is 3.44. The SMILES string of the molecule is Cn1c(S(F)(C(C)(C)C)C(C)(C)C)cc2cccnc21. The van der Waals surface area contributed by atoms with Crippen molar-refractivity contribution in [3.8, 4) is 0 Å². The highest BCUT2D eigenvalue weighted by Crippen LogP contribution is 2.74. The first kappa shape index (κ1) is 15.4. The van der Waals surface area contributed by atoms with E-state index in [-0.39, 0.29) is 0 Å². The van der Waals surface area contributed by atoms with E-state index in [0.29, 0.717) is 0 Å². The zero-order chi connectivity index (χ0) is 15.3. The lowest BCUT2D eigenvalue weighted by atomic mass is 10.2. The van der Waals surface area contributed by atoms with E-state index in [9.17, 15) is 0 Å². The molecule has 0 aromatic carbocycles. The molecule has 2 nitrogen and oxygen atoms in total. The molecule has 0 bridgehead atoms. The van der Waals surface area contributed by atoms with Crippen molar-refractivity contribution in [2.45, 2.75) is 56.1 Å². The summed E-state index contributed by atoms with van der Waals surface area (Å²) in [4.78, 5) is 4.39. The van der Waals surface area contributed by atoms with Gasteiger partial charge in [-0.05, 0) is 70.2 Å². The van der Waals surface area contributed by atoms with Crippen LogP contribution in [0.5, 0.6) is 0 Å². The second kappa shape index (κ2) is 4.48. The van der Waals surface area contributed by atoms with Gasteiger partial charge in [0, 0.05) is 28.1 Å². The van der Waals surface area contributed by atoms with Crippen molar-refractivity contribution in [2.24, 2.45) is 7.05 Å². The highest BCUT2D eigenvalue weighted by molar-refractivity contribution is 8.31. The van der Waals surface area contributed by atoms with E-state index in [1.807, 2.05) is 71.4 Å². The molecule has 0 fully saturated rings. The van der Waals surface area contributed by atoms with Crippen LogP contribution in [0.4, 0.5) is 3.89 Å². The number of halogens is 1. The minimum absolute atomic E-state index is 0.423. The summed E-state index contributed by atoms with van der Waals surface area (Å²) in [5.41, 5.74) is 0.852. The van der Waals surface area contributed by atoms with E-state index in [0.717, 1.165) is 16.1 Å². The molecule has 0 unspecified atom stereocenters. The smallest absolute Gasteiger partial charge is 0.140 e. The molecule has 0 atom stereocenters. The van der Waals surface area contributed by atoms with Gasteiger partial charge in [-0.25, -0.2) is 4.98 Å². The van der Waals surface area contributed by atoms with Crippen LogP contribution in [0, 0.1) is 0 Å². The van der Waals surface area contributed by atoms with Crippen LogP contribution in [0.25, 0.3) is 11.0 Å². The lowest BCUT2D eigenvalue weighted by Gasteiger charge is -2.51. The lowest BCUT2D eigenvalue weighted by Crippen LogP contribution is -2.36. The lowest BCUT2D eigenvalue weighted by molar-refractivity contribution is 0.623. The molecule has 0 amide bonds. The molecule has 20 heavy (non-hydrogen) atoms. The number of hydrogen-bond donors (Lipinski definition) is 0. The van der Waals surface area contributed by atoms with Gasteiger partial charge in [0.15, 0.2) is 0 Å². The number of aromatic nitrogens is 2. The van der Waals surface area contributed by atoms with Gasteiger partial charge in [0.2, 0.25) is 0 Å². The van der Waals surface area contributed by atoms with E-state index < -0.39 is 19.9 Å². The molecule has 0 aliphatic heterocycles. The van der Waals surface area contributed by atoms with Gasteiger partial charge in [-0.1, -0.05) is 0 Å². The largest absolute Gasteiger partial charge is 0.323 e. The first-order chi connectivity index (χ1) is 9.00. The molecule has 112 valence electrons. The number of pyridine rings is 1. The molecular weight excluding hydrogens is 271 g/mol. The summed E-state index contributed by atoms with van der Waals surface area (Å²) in [6.45, 7) is 12.0. The van der Waals surface area contributed by atoms with Crippen LogP contribution in [-0.4, -0.2) is 19.0 Å². The third kappa shape index (κ3) is 2.05. The van der Waals surface area contributed by atoms with E-state index in [2.05, 4.69) is 4.98 Å². The normalized spacial score (nSPS) is 14.8. The first-order valence-electron chi connectivity index (χ1n) is 6.93. The Morgan fingerprint density at radius 1 is 1.10 bits per heavy atom. The first-order valence-corrected chi connectivity index (χ1v) is 8.46. The molecule has 0 N–H and O–H groups in total. The monoisotopic (exact) mass is 296 g/mol. The van der Waals surface area contributed by atoms with Gasteiger partial charge in [-0.3, -0.25) is 0 Å². The second-order valence-corrected chi connectivity index (χ2v) is 11.2. The van der Waals surface area contributed by atoms with Crippen LogP contribution < -0.4 is 0 Å². The Morgan fingerprint density at radius 2 is 1.65 bits per heavy atom. The molecule has 0 radical (unpaired) electrons. The highest BCUT2D eigenvalue weighted by Gasteiger charge is 2.49. The highest BCUT2D eigenvalue weighted by atomic mass is 32.3. The molecule has 2 rings (SSSR count). The Morgan fingerprint density at radius 3 is 2.10 bits per heavy atom. The summed E-state index contributed by atoms with van der Waals surface area (Å²) in [6, 6.07) is 5.88. The third-order valence-corrected chi connectivity index (χ3v) is 8.06. The standard InChI is InChI=1S/C16H25FN2S/c1-15(2,3)20(17,16(4,5)6)13-11-12-9-8-10-18-14(12)19(13)7/h8-11H,1-7H3. The Labute approximate surface area is 123 Å². The van der Waals surface area contributed by atoms with Crippen molar-refractivity contribution in [1.82, 2.24) is 9.55 Å². The summed E-state index contributed by atoms with van der Waals surface area (Å²) < 4.78 is 17.4. The fourth-order valence-corrected chi connectivity index (χ4v) is 6.80. The van der Waals surface area contributed by atoms with Crippen LogP contribution in [0.3, 0.4) is 0 Å². The average molecular weight is 296 g/mol. The molecule has 0 aliphatic rings. The average Bonchev–Trinajstić information content (AvgIpc) is 2.64. The Bertz CT molecular complexity index is 618. The molecule has 2 heterocycles. The Balaban J connectivity index is 2.80. The van der Waals surface area contributed by atoms with Crippen molar-refractivity contribution in [3.63, 3.8) is 0 Å². The van der Waals surface area contributed by atoms with Gasteiger partial charge in [-0.2, -0.15) is 3.89 Å². The Hall–Kier alpha value is -1.03. The van der Waals surface area contributed by atoms with Gasteiger partial charge in [-0.15, -0.1) is 0 Å². The molecule has 2 aromatic rings. The van der Waals surface area contributed by atoms with Crippen LogP contribution in [0.15, 0.2) is 29.4 Å². The molecule has 0 saturated heterocycles. The number of aryl methyl sites for hydroxylation is 1. The van der Waals surface area contributed by atoms with Gasteiger partial charge in [0.05, 0.1) is 5.03 Å². The summed E-state index contributed by atoms with van der Waals surface area (Å²) >= 11 is 0. The summed E-state index contributed by atoms with van der Waals surface area (Å²) in [6.07, 6.45) is 1.76. The van der Waals surface area contributed by atoms with Crippen LogP contribution in [0.1, 0.15) is 41.5 Å². The maximum absolute atomic E-state index is 16.3. The number of hydrogen-bond acceptors (Lipinski definition) is 1. The molecule has 4 heteroatoms. The zero-order valence-corrected chi connectivity index (χ0v) is 14.3. The van der Waals surface area contributed by atoms with Crippen LogP contribution in [-0.2, 0) is 7.05 Å². The number of fused-ring (bicyclic) bond motifs is 1. The molecule has 0 spiro atoms. The van der Waals surface area contributed by atoms with Crippen molar-refractivity contribution in [3.05, 3.63) is 24.4 Å². The predicted molar refractivity (Wildman–Crippen MR) is 87.2 cm³/mol. The van der Waals surface area contributed by atoms with Crippen molar-refractivity contribution in [1.29, 1.82) is 0 Å². The van der Waals surface area contributed by atoms with Crippen LogP contribution >= 0.6 is 10.4 Å². The summed E-state index contributed by atoms with van der Waals surface area (Å²) in [5, 5.41) is 1.79. The predicted octanol–water partition coefficient (Wildman–Crippen LogP) is 5.22. The van der Waals surface area contributed by atoms with E-state index in [1.54, 1.807) is 6.20 Å². The topological polar surface area (TPSA) is 17.8 Å². The molecule has 2 aromatic heterocycles. The van der Waals surface area contributed by atoms with Crippen molar-refractivity contribution < 1.29 is 3.89 Å². The summed E-state index contributed by atoms with van der Waals surface area (Å²) in [7, 11) is -0.599. The van der Waals surface area contributed by atoms with Gasteiger partial charge in [0.25, 0.3) is 0 Å². The van der Waals surface area contributed by atoms with Crippen molar-refractivity contribution in [2.75, 3.05) is 0 Å². The van der Waals surface area contributed by atoms with E-state index in [1.165, 1.54) is 0 Å². The van der Waals surface area contributed by atoms with Gasteiger partial charge >= 0.3 is 0 Å². The fourth-order valence-electron chi connectivity index (χ4n) is 2.95. The van der Waals surface area contributed by atoms with E-state index >= 15 is 3.89 Å². The quantitative estimate of drug-likeness (QED) is 0.705. The van der Waals surface area contributed by atoms with E-state index in [4.69, 9.17) is 0 Å². The number of nitrogens with zero attached hydrogens (tertiary/aromatic N) is 2. The molecular formula is C16H25FN2S. The second-order valence-electron chi connectivity index (χ2n) is 7.22. The third-order valence-electron chi connectivity index (χ3n) is 3.72. The molecule has 0 aliphatic carbocycles. The zero-order valence-electron chi connectivity index (χ0n) is 13.5. The van der Waals surface area contributed by atoms with Gasteiger partial charge in [0.1, 0.15) is 5.65 Å². The van der Waals surface area contributed by atoms with Crippen LogP contribution in [0.2, 0.25) is 0 Å². The summed E-state index contributed by atoms with van der Waals surface area (Å²) in [5.74, 6) is 0. The number of rotatable bonds is 1.